The molecule has 5 aromatic rings. The summed E-state index contributed by atoms with van der Waals surface area (Å²) in [6.45, 7) is 2.47. The zero-order chi connectivity index (χ0) is 24.9. The molecule has 0 aliphatic carbocycles. The van der Waals surface area contributed by atoms with Gasteiger partial charge in [-0.2, -0.15) is 5.10 Å². The summed E-state index contributed by atoms with van der Waals surface area (Å²) in [5, 5.41) is 6.41. The van der Waals surface area contributed by atoms with Gasteiger partial charge in [0.15, 0.2) is 11.5 Å². The first-order valence-electron chi connectivity index (χ1n) is 12.5. The fourth-order valence-corrected chi connectivity index (χ4v) is 5.65. The summed E-state index contributed by atoms with van der Waals surface area (Å²) in [6, 6.07) is 12.1. The van der Waals surface area contributed by atoms with Crippen LogP contribution in [0.25, 0.3) is 21.9 Å². The van der Waals surface area contributed by atoms with E-state index < -0.39 is 0 Å². The van der Waals surface area contributed by atoms with Gasteiger partial charge >= 0.3 is 0 Å². The van der Waals surface area contributed by atoms with Crippen LogP contribution < -0.4 is 9.64 Å². The topological polar surface area (TPSA) is 105 Å². The molecule has 2 aromatic carbocycles. The number of aromatic amines is 1. The summed E-state index contributed by atoms with van der Waals surface area (Å²) in [5.41, 5.74) is 4.24. The van der Waals surface area contributed by atoms with E-state index in [2.05, 4.69) is 36.0 Å². The van der Waals surface area contributed by atoms with Crippen LogP contribution in [0.3, 0.4) is 0 Å². The van der Waals surface area contributed by atoms with Gasteiger partial charge in [-0.25, -0.2) is 15.0 Å². The number of amides is 1. The SMILES string of the molecule is Cn1ccc(CN2Cc3ccc(OCC4CCCN4c4ncnc5nc[nH]c45)c4cccc(c34)C2=O)n1. The summed E-state index contributed by atoms with van der Waals surface area (Å²) in [4.78, 5) is 33.8. The highest BCUT2D eigenvalue weighted by Gasteiger charge is 2.30. The Morgan fingerprint density at radius 1 is 1.14 bits per heavy atom. The van der Waals surface area contributed by atoms with Gasteiger partial charge < -0.3 is 19.5 Å². The molecule has 1 unspecified atom stereocenters. The van der Waals surface area contributed by atoms with E-state index in [4.69, 9.17) is 4.74 Å². The smallest absolute Gasteiger partial charge is 0.255 e. The van der Waals surface area contributed by atoms with Crippen LogP contribution in [0.4, 0.5) is 5.82 Å². The van der Waals surface area contributed by atoms with Crippen LogP contribution in [-0.2, 0) is 20.1 Å². The van der Waals surface area contributed by atoms with Crippen molar-refractivity contribution in [1.29, 1.82) is 0 Å². The number of aryl methyl sites for hydroxylation is 1. The van der Waals surface area contributed by atoms with Crippen LogP contribution in [0.15, 0.2) is 55.2 Å². The Hall–Kier alpha value is -4.47. The number of nitrogens with one attached hydrogen (secondary N) is 1. The monoisotopic (exact) mass is 494 g/mol. The van der Waals surface area contributed by atoms with Crippen LogP contribution in [-0.4, -0.2) is 59.7 Å². The Morgan fingerprint density at radius 2 is 2.08 bits per heavy atom. The molecule has 1 saturated heterocycles. The van der Waals surface area contributed by atoms with Gasteiger partial charge in [-0.1, -0.05) is 18.2 Å². The lowest BCUT2D eigenvalue weighted by atomic mass is 9.94. The van der Waals surface area contributed by atoms with Gasteiger partial charge in [-0.3, -0.25) is 9.48 Å². The molecule has 5 heterocycles. The predicted octanol–water partition coefficient (Wildman–Crippen LogP) is 3.44. The number of H-pyrrole nitrogens is 1. The third kappa shape index (κ3) is 3.67. The van der Waals surface area contributed by atoms with Crippen molar-refractivity contribution in [3.8, 4) is 5.75 Å². The number of aromatic nitrogens is 6. The molecular weight excluding hydrogens is 468 g/mol. The van der Waals surface area contributed by atoms with Gasteiger partial charge in [0.2, 0.25) is 0 Å². The maximum Gasteiger partial charge on any atom is 0.255 e. The van der Waals surface area contributed by atoms with Gasteiger partial charge in [0.25, 0.3) is 5.91 Å². The molecule has 0 saturated carbocycles. The van der Waals surface area contributed by atoms with Crippen molar-refractivity contribution < 1.29 is 9.53 Å². The molecular formula is C27H26N8O2. The third-order valence-electron chi connectivity index (χ3n) is 7.37. The Morgan fingerprint density at radius 3 is 2.97 bits per heavy atom. The molecule has 1 amide bonds. The van der Waals surface area contributed by atoms with E-state index in [0.29, 0.717) is 30.9 Å². The van der Waals surface area contributed by atoms with Crippen molar-refractivity contribution in [2.24, 2.45) is 7.05 Å². The van der Waals surface area contributed by atoms with Crippen LogP contribution in [0.1, 0.15) is 34.5 Å². The summed E-state index contributed by atoms with van der Waals surface area (Å²) in [5.74, 6) is 1.69. The van der Waals surface area contributed by atoms with E-state index in [-0.39, 0.29) is 11.9 Å². The molecule has 3 aromatic heterocycles. The zero-order valence-electron chi connectivity index (χ0n) is 20.5. The van der Waals surface area contributed by atoms with E-state index in [9.17, 15) is 4.79 Å². The van der Waals surface area contributed by atoms with Crippen LogP contribution in [0, 0.1) is 0 Å². The highest BCUT2D eigenvalue weighted by Crippen LogP contribution is 2.36. The number of hydrogen-bond donors (Lipinski definition) is 1. The van der Waals surface area contributed by atoms with Gasteiger partial charge in [0.1, 0.15) is 24.2 Å². The van der Waals surface area contributed by atoms with Crippen LogP contribution in [0.5, 0.6) is 5.75 Å². The Kier molecular flexibility index (Phi) is 5.05. The molecule has 0 spiro atoms. The predicted molar refractivity (Wildman–Crippen MR) is 138 cm³/mol. The second-order valence-corrected chi connectivity index (χ2v) is 9.69. The first-order chi connectivity index (χ1) is 18.2. The van der Waals surface area contributed by atoms with Crippen molar-refractivity contribution in [2.45, 2.75) is 32.0 Å². The lowest BCUT2D eigenvalue weighted by Crippen LogP contribution is -2.35. The van der Waals surface area contributed by atoms with Crippen LogP contribution >= 0.6 is 0 Å². The number of nitrogens with zero attached hydrogens (tertiary/aromatic N) is 7. The molecule has 10 heteroatoms. The molecule has 1 N–H and O–H groups in total. The second kappa shape index (κ2) is 8.58. The number of anilines is 1. The largest absolute Gasteiger partial charge is 0.491 e. The van der Waals surface area contributed by atoms with Gasteiger partial charge in [0.05, 0.1) is 24.6 Å². The summed E-state index contributed by atoms with van der Waals surface area (Å²) >= 11 is 0. The fourth-order valence-electron chi connectivity index (χ4n) is 5.65. The number of ether oxygens (including phenoxy) is 1. The number of imidazole rings is 1. The van der Waals surface area contributed by atoms with E-state index >= 15 is 0 Å². The minimum Gasteiger partial charge on any atom is -0.491 e. The number of rotatable bonds is 6. The molecule has 0 bridgehead atoms. The van der Waals surface area contributed by atoms with Crippen molar-refractivity contribution in [3.05, 3.63) is 72.1 Å². The molecule has 1 atom stereocenters. The first-order valence-corrected chi connectivity index (χ1v) is 12.5. The molecule has 186 valence electrons. The van der Waals surface area contributed by atoms with Crippen LogP contribution in [0.2, 0.25) is 0 Å². The lowest BCUT2D eigenvalue weighted by molar-refractivity contribution is 0.0722. The number of hydrogen-bond acceptors (Lipinski definition) is 7. The standard InChI is InChI=1S/C27H26N8O2/c1-33-11-9-18(32-33)13-34-12-17-7-8-22(20-5-2-6-21(23(17)20)27(34)36)37-14-19-4-3-10-35(19)26-24-25(29-15-28-24)30-16-31-26/h2,5-9,11,15-16,19H,3-4,10,12-14H2,1H3,(H,28,29,30,31). The minimum absolute atomic E-state index is 0.0233. The van der Waals surface area contributed by atoms with E-state index in [0.717, 1.165) is 58.5 Å². The molecule has 37 heavy (non-hydrogen) atoms. The maximum atomic E-state index is 13.4. The fraction of sp³-hybridized carbons (Fsp3) is 0.296. The van der Waals surface area contributed by atoms with Crippen molar-refractivity contribution >= 4 is 33.7 Å². The minimum atomic E-state index is 0.0233. The molecule has 2 aliphatic heterocycles. The first kappa shape index (κ1) is 21.8. The number of carbonyl (C=O) groups excluding carboxylic acids is 1. The number of benzene rings is 2. The quantitative estimate of drug-likeness (QED) is 0.386. The van der Waals surface area contributed by atoms with Crippen molar-refractivity contribution in [1.82, 2.24) is 34.6 Å². The summed E-state index contributed by atoms with van der Waals surface area (Å²) in [7, 11) is 1.88. The number of fused-ring (bicyclic) bond motifs is 1. The van der Waals surface area contributed by atoms with Gasteiger partial charge in [-0.15, -0.1) is 0 Å². The molecule has 7 rings (SSSR count). The maximum absolute atomic E-state index is 13.4. The molecule has 1 fully saturated rings. The van der Waals surface area contributed by atoms with Crippen molar-refractivity contribution in [2.75, 3.05) is 18.1 Å². The Bertz CT molecular complexity index is 1640. The average molecular weight is 495 g/mol. The van der Waals surface area contributed by atoms with Gasteiger partial charge in [0, 0.05) is 42.7 Å². The van der Waals surface area contributed by atoms with E-state index in [1.807, 2.05) is 48.5 Å². The second-order valence-electron chi connectivity index (χ2n) is 9.69. The summed E-state index contributed by atoms with van der Waals surface area (Å²) in [6.07, 6.45) is 7.20. The lowest BCUT2D eigenvalue weighted by Gasteiger charge is -2.29. The van der Waals surface area contributed by atoms with Gasteiger partial charge in [-0.05, 0) is 36.6 Å². The molecule has 0 radical (unpaired) electrons. The number of carbonyl (C=O) groups is 1. The highest BCUT2D eigenvalue weighted by molar-refractivity contribution is 6.11. The Labute approximate surface area is 212 Å². The van der Waals surface area contributed by atoms with E-state index in [1.54, 1.807) is 17.3 Å². The Balaban J connectivity index is 1.15. The van der Waals surface area contributed by atoms with E-state index in [1.165, 1.54) is 0 Å². The normalized spacial score (nSPS) is 17.3. The third-order valence-corrected chi connectivity index (χ3v) is 7.37. The zero-order valence-corrected chi connectivity index (χ0v) is 20.5. The van der Waals surface area contributed by atoms with Crippen molar-refractivity contribution in [3.63, 3.8) is 0 Å². The average Bonchev–Trinajstić information content (AvgIpc) is 3.67. The molecule has 10 nitrogen and oxygen atoms in total. The summed E-state index contributed by atoms with van der Waals surface area (Å²) < 4.78 is 8.20. The highest BCUT2D eigenvalue weighted by atomic mass is 16.5. The molecule has 2 aliphatic rings.